The molecule has 5 nitrogen and oxygen atoms in total. The molecule has 0 aliphatic carbocycles. The van der Waals surface area contributed by atoms with Crippen LogP contribution in [0, 0.1) is 6.92 Å². The predicted molar refractivity (Wildman–Crippen MR) is 165 cm³/mol. The van der Waals surface area contributed by atoms with E-state index in [-0.39, 0.29) is 11.5 Å². The van der Waals surface area contributed by atoms with Crippen LogP contribution in [0.3, 0.4) is 0 Å². The van der Waals surface area contributed by atoms with Crippen LogP contribution in [0.25, 0.3) is 5.70 Å². The summed E-state index contributed by atoms with van der Waals surface area (Å²) in [6, 6.07) is 44.7. The summed E-state index contributed by atoms with van der Waals surface area (Å²) < 4.78 is 6.41. The Hall–Kier alpha value is -5.55. The smallest absolute Gasteiger partial charge is 0.380 e. The van der Waals surface area contributed by atoms with Crippen LogP contribution >= 0.6 is 0 Å². The average Bonchev–Trinajstić information content (AvgIpc) is 3.33. The second-order valence-corrected chi connectivity index (χ2v) is 10.8. The van der Waals surface area contributed by atoms with Crippen LogP contribution in [0.4, 0.5) is 5.69 Å². The third kappa shape index (κ3) is 3.68. The number of carbonyl (C=O) groups excluding carboxylic acids is 3. The van der Waals surface area contributed by atoms with Crippen LogP contribution in [-0.2, 0) is 30.1 Å². The molecule has 0 radical (unpaired) electrons. The molecule has 1 amide bonds. The molecule has 0 aromatic heterocycles. The summed E-state index contributed by atoms with van der Waals surface area (Å²) in [7, 11) is 0. The number of amides is 1. The summed E-state index contributed by atoms with van der Waals surface area (Å²) in [5.41, 5.74) is 0.917. The van der Waals surface area contributed by atoms with Crippen LogP contribution in [0.5, 0.6) is 0 Å². The molecule has 5 aromatic carbocycles. The van der Waals surface area contributed by atoms with Gasteiger partial charge in [-0.15, -0.1) is 0 Å². The number of esters is 1. The predicted octanol–water partition coefficient (Wildman–Crippen LogP) is 6.76. The molecule has 0 spiro atoms. The number of benzene rings is 5. The van der Waals surface area contributed by atoms with Gasteiger partial charge >= 0.3 is 5.97 Å². The number of aryl methyl sites for hydroxylation is 1. The third-order valence-electron chi connectivity index (χ3n) is 8.46. The van der Waals surface area contributed by atoms with Crippen LogP contribution in [0.2, 0.25) is 0 Å². The second kappa shape index (κ2) is 10.1. The number of nitrogens with zero attached hydrogens (tertiary/aromatic N) is 1. The molecule has 7 rings (SSSR count). The topological polar surface area (TPSA) is 63.7 Å². The van der Waals surface area contributed by atoms with Gasteiger partial charge in [0.1, 0.15) is 5.41 Å². The van der Waals surface area contributed by atoms with Crippen molar-refractivity contribution in [2.24, 2.45) is 0 Å². The highest BCUT2D eigenvalue weighted by Gasteiger charge is 2.73. The molecule has 2 heterocycles. The maximum atomic E-state index is 15.8. The monoisotopic (exact) mass is 561 g/mol. The Labute approximate surface area is 249 Å². The summed E-state index contributed by atoms with van der Waals surface area (Å²) >= 11 is 0. The van der Waals surface area contributed by atoms with E-state index in [2.05, 4.69) is 0 Å². The van der Waals surface area contributed by atoms with Crippen molar-refractivity contribution >= 4 is 29.0 Å². The number of Topliss-reactive ketones (excluding diaryl/α,β-unsaturated/α-hetero) is 1. The molecule has 5 heteroatoms. The SMILES string of the molecule is Cc1ccc(N2C(=O)C(c3ccccc3)(c3ccccc3)[C@@]3(c4ccccc4)OC(=O)C(=O)C3=C2c2ccccc2)cc1. The van der Waals surface area contributed by atoms with Crippen molar-refractivity contribution in [1.82, 2.24) is 0 Å². The first kappa shape index (κ1) is 26.4. The summed E-state index contributed by atoms with van der Waals surface area (Å²) in [6.07, 6.45) is 0. The van der Waals surface area contributed by atoms with E-state index in [1.165, 1.54) is 0 Å². The molecule has 0 N–H and O–H groups in total. The number of rotatable bonds is 5. The molecule has 43 heavy (non-hydrogen) atoms. The lowest BCUT2D eigenvalue weighted by atomic mass is 9.55. The first-order valence-corrected chi connectivity index (χ1v) is 14.2. The molecule has 208 valence electrons. The molecule has 2 aliphatic rings. The van der Waals surface area contributed by atoms with Gasteiger partial charge in [0.15, 0.2) is 5.60 Å². The zero-order valence-electron chi connectivity index (χ0n) is 23.4. The number of ether oxygens (including phenoxy) is 1. The summed E-state index contributed by atoms with van der Waals surface area (Å²) in [5.74, 6) is -2.12. The number of carbonyl (C=O) groups is 3. The normalized spacial score (nSPS) is 19.3. The summed E-state index contributed by atoms with van der Waals surface area (Å²) in [6.45, 7) is 1.98. The lowest BCUT2D eigenvalue weighted by Gasteiger charge is -2.53. The maximum absolute atomic E-state index is 15.8. The first-order chi connectivity index (χ1) is 21.0. The minimum Gasteiger partial charge on any atom is -0.441 e. The molecule has 0 bridgehead atoms. The fourth-order valence-corrected chi connectivity index (χ4v) is 6.67. The molecule has 0 saturated carbocycles. The van der Waals surface area contributed by atoms with E-state index in [0.29, 0.717) is 33.6 Å². The van der Waals surface area contributed by atoms with E-state index in [1.54, 1.807) is 4.90 Å². The Morgan fingerprint density at radius 3 is 1.53 bits per heavy atom. The molecule has 0 unspecified atom stereocenters. The first-order valence-electron chi connectivity index (χ1n) is 14.2. The van der Waals surface area contributed by atoms with Gasteiger partial charge in [-0.1, -0.05) is 139 Å². The Kier molecular flexibility index (Phi) is 6.17. The van der Waals surface area contributed by atoms with E-state index in [0.717, 1.165) is 5.56 Å². The zero-order valence-corrected chi connectivity index (χ0v) is 23.4. The molecule has 1 fully saturated rings. The van der Waals surface area contributed by atoms with E-state index in [9.17, 15) is 9.59 Å². The zero-order chi connectivity index (χ0) is 29.6. The van der Waals surface area contributed by atoms with Gasteiger partial charge in [-0.3, -0.25) is 14.5 Å². The van der Waals surface area contributed by atoms with Crippen LogP contribution in [0.15, 0.2) is 151 Å². The van der Waals surface area contributed by atoms with Crippen LogP contribution < -0.4 is 4.90 Å². The quantitative estimate of drug-likeness (QED) is 0.176. The average molecular weight is 562 g/mol. The minimum atomic E-state index is -1.81. The Morgan fingerprint density at radius 2 is 1.02 bits per heavy atom. The number of ketones is 1. The van der Waals surface area contributed by atoms with Crippen molar-refractivity contribution in [3.05, 3.63) is 179 Å². The molecule has 1 atom stereocenters. The number of hydrogen-bond donors (Lipinski definition) is 0. The maximum Gasteiger partial charge on any atom is 0.380 e. The van der Waals surface area contributed by atoms with Crippen molar-refractivity contribution in [2.45, 2.75) is 17.9 Å². The van der Waals surface area contributed by atoms with Gasteiger partial charge < -0.3 is 4.74 Å². The number of anilines is 1. The largest absolute Gasteiger partial charge is 0.441 e. The van der Waals surface area contributed by atoms with Crippen LogP contribution in [0.1, 0.15) is 27.8 Å². The fraction of sp³-hybridized carbons (Fsp3) is 0.0789. The second-order valence-electron chi connectivity index (χ2n) is 10.8. The highest BCUT2D eigenvalue weighted by atomic mass is 16.6. The van der Waals surface area contributed by atoms with Gasteiger partial charge in [-0.25, -0.2) is 4.79 Å². The lowest BCUT2D eigenvalue weighted by molar-refractivity contribution is -0.159. The number of fused-ring (bicyclic) bond motifs is 1. The Morgan fingerprint density at radius 1 is 0.558 bits per heavy atom. The van der Waals surface area contributed by atoms with Gasteiger partial charge in [0.25, 0.3) is 11.7 Å². The lowest BCUT2D eigenvalue weighted by Crippen LogP contribution is -2.64. The van der Waals surface area contributed by atoms with E-state index >= 15 is 4.79 Å². The Balaban J connectivity index is 1.75. The molecular formula is C38H27NO4. The van der Waals surface area contributed by atoms with Gasteiger partial charge in [0.2, 0.25) is 0 Å². The highest BCUT2D eigenvalue weighted by Crippen LogP contribution is 2.62. The van der Waals surface area contributed by atoms with Gasteiger partial charge in [0.05, 0.1) is 11.3 Å². The number of hydrogen-bond acceptors (Lipinski definition) is 4. The van der Waals surface area contributed by atoms with Crippen molar-refractivity contribution < 1.29 is 19.1 Å². The molecular weight excluding hydrogens is 534 g/mol. The standard InChI is InChI=1S/C38H27NO4/c1-26-22-24-31(25-23-26)39-33(27-14-6-2-7-15-27)32-34(40)35(41)43-38(32,30-20-12-5-13-21-30)37(36(39)42,28-16-8-3-9-17-28)29-18-10-4-11-19-29/h2-25H,1H3/t38-/m0/s1. The van der Waals surface area contributed by atoms with E-state index < -0.39 is 22.8 Å². The molecule has 2 aliphatic heterocycles. The van der Waals surface area contributed by atoms with Crippen molar-refractivity contribution in [2.75, 3.05) is 4.90 Å². The molecule has 1 saturated heterocycles. The minimum absolute atomic E-state index is 0.128. The van der Waals surface area contributed by atoms with E-state index in [4.69, 9.17) is 4.74 Å². The molecule has 5 aromatic rings. The fourth-order valence-electron chi connectivity index (χ4n) is 6.67. The van der Waals surface area contributed by atoms with Crippen molar-refractivity contribution in [3.63, 3.8) is 0 Å². The van der Waals surface area contributed by atoms with Gasteiger partial charge in [0, 0.05) is 11.3 Å². The van der Waals surface area contributed by atoms with Gasteiger partial charge in [-0.05, 0) is 35.7 Å². The van der Waals surface area contributed by atoms with Crippen molar-refractivity contribution in [3.8, 4) is 0 Å². The highest BCUT2D eigenvalue weighted by molar-refractivity contribution is 6.47. The van der Waals surface area contributed by atoms with E-state index in [1.807, 2.05) is 153 Å². The van der Waals surface area contributed by atoms with Crippen molar-refractivity contribution in [1.29, 1.82) is 0 Å². The third-order valence-corrected chi connectivity index (χ3v) is 8.46. The summed E-state index contributed by atoms with van der Waals surface area (Å²) in [4.78, 5) is 45.5. The van der Waals surface area contributed by atoms with Gasteiger partial charge in [-0.2, -0.15) is 0 Å². The summed E-state index contributed by atoms with van der Waals surface area (Å²) in [5, 5.41) is 0. The Bertz CT molecular complexity index is 1840. The van der Waals surface area contributed by atoms with Crippen LogP contribution in [-0.4, -0.2) is 17.7 Å².